The zero-order chi connectivity index (χ0) is 24.9. The maximum Gasteiger partial charge on any atom is 0.235 e. The average molecular weight is 493 g/mol. The van der Waals surface area contributed by atoms with Gasteiger partial charge in [-0.2, -0.15) is 5.26 Å². The lowest BCUT2D eigenvalue weighted by Gasteiger charge is -2.38. The maximum absolute atomic E-state index is 13.7. The van der Waals surface area contributed by atoms with Crippen molar-refractivity contribution in [2.24, 2.45) is 5.73 Å². The fraction of sp³-hybridized carbons (Fsp3) is 0.462. The van der Waals surface area contributed by atoms with E-state index in [0.29, 0.717) is 66.2 Å². The molecule has 182 valence electrons. The van der Waals surface area contributed by atoms with Gasteiger partial charge in [-0.15, -0.1) is 0 Å². The lowest BCUT2D eigenvalue weighted by molar-refractivity contribution is -0.117. The molecule has 2 saturated heterocycles. The Labute approximate surface area is 209 Å². The topological polar surface area (TPSA) is 90.6 Å². The number of nitrogens with two attached hydrogens (primary N) is 1. The van der Waals surface area contributed by atoms with Crippen molar-refractivity contribution in [3.63, 3.8) is 0 Å². The van der Waals surface area contributed by atoms with E-state index in [0.717, 1.165) is 36.7 Å². The van der Waals surface area contributed by atoms with Gasteiger partial charge in [0.2, 0.25) is 11.6 Å². The smallest absolute Gasteiger partial charge is 0.235 e. The number of hydrogen-bond acceptors (Lipinski definition) is 6. The third-order valence-electron chi connectivity index (χ3n) is 6.83. The van der Waals surface area contributed by atoms with Gasteiger partial charge in [-0.05, 0) is 36.8 Å². The number of alkyl halides is 1. The van der Waals surface area contributed by atoms with Crippen molar-refractivity contribution in [3.8, 4) is 6.07 Å². The van der Waals surface area contributed by atoms with Crippen LogP contribution in [0.5, 0.6) is 0 Å². The number of carbonyl (C=O) groups is 1. The lowest BCUT2D eigenvalue weighted by atomic mass is 10.0. The molecule has 2 aromatic rings. The first-order chi connectivity index (χ1) is 17.0. The quantitative estimate of drug-likeness (QED) is 0.455. The number of piperidine rings is 1. The van der Waals surface area contributed by atoms with E-state index in [1.165, 1.54) is 0 Å². The van der Waals surface area contributed by atoms with Crippen LogP contribution in [0.4, 0.5) is 15.9 Å². The molecular weight excluding hydrogens is 463 g/mol. The summed E-state index contributed by atoms with van der Waals surface area (Å²) < 4.78 is 13.7. The summed E-state index contributed by atoms with van der Waals surface area (Å²) in [7, 11) is 0. The Hall–Kier alpha value is -3.14. The number of aromatic nitrogens is 1. The molecular formula is C26H29FN6OS. The summed E-state index contributed by atoms with van der Waals surface area (Å²) >= 11 is 1.16. The van der Waals surface area contributed by atoms with Gasteiger partial charge in [0.05, 0.1) is 12.1 Å². The van der Waals surface area contributed by atoms with E-state index in [1.807, 2.05) is 37.3 Å². The van der Waals surface area contributed by atoms with Crippen LogP contribution in [0, 0.1) is 17.9 Å². The minimum Gasteiger partial charge on any atom is -0.368 e. The molecule has 1 amide bonds. The van der Waals surface area contributed by atoms with Crippen molar-refractivity contribution in [2.45, 2.75) is 55.1 Å². The van der Waals surface area contributed by atoms with Gasteiger partial charge in [0.15, 0.2) is 0 Å². The monoisotopic (exact) mass is 492 g/mol. The minimum atomic E-state index is -0.739. The standard InChI is InChI=1S/C26H29FN6OS/c1-3-20-21(15-28)26(35-23(24(29)34)17-7-5-4-6-8-17)31-25(22(20)30-2)32-13-10-19(11-14-32)33-12-9-18(27)16-33/h4-8,18-19,23H,3,9-14,16H2,1H3,(H2,29,34)/t18-,23?/m0/s1. The molecule has 0 saturated carbocycles. The molecule has 7 nitrogen and oxygen atoms in total. The molecule has 0 spiro atoms. The van der Waals surface area contributed by atoms with Crippen LogP contribution >= 0.6 is 11.8 Å². The predicted molar refractivity (Wildman–Crippen MR) is 135 cm³/mol. The van der Waals surface area contributed by atoms with Crippen molar-refractivity contribution in [1.82, 2.24) is 9.88 Å². The number of nitriles is 1. The molecule has 9 heteroatoms. The Morgan fingerprint density at radius 1 is 1.31 bits per heavy atom. The molecule has 3 heterocycles. The number of halogens is 1. The van der Waals surface area contributed by atoms with Gasteiger partial charge in [-0.25, -0.2) is 14.2 Å². The van der Waals surface area contributed by atoms with E-state index in [9.17, 15) is 14.4 Å². The number of carbonyl (C=O) groups excluding carboxylic acids is 1. The van der Waals surface area contributed by atoms with Gasteiger partial charge in [0, 0.05) is 32.2 Å². The van der Waals surface area contributed by atoms with Crippen LogP contribution in [0.25, 0.3) is 4.85 Å². The number of amides is 1. The summed E-state index contributed by atoms with van der Waals surface area (Å²) in [4.78, 5) is 25.3. The number of likely N-dealkylation sites (tertiary alicyclic amines) is 1. The van der Waals surface area contributed by atoms with Gasteiger partial charge in [0.25, 0.3) is 0 Å². The second-order valence-electron chi connectivity index (χ2n) is 8.93. The Bertz CT molecular complexity index is 1150. The first-order valence-electron chi connectivity index (χ1n) is 11.9. The highest BCUT2D eigenvalue weighted by molar-refractivity contribution is 8.00. The SMILES string of the molecule is [C-]#[N+]c1c(N2CCC(N3CC[C@H](F)C3)CC2)nc(SC(C(N)=O)c2ccccc2)c(C#N)c1CC. The molecule has 2 atom stereocenters. The summed E-state index contributed by atoms with van der Waals surface area (Å²) in [5.74, 6) is 0.0382. The highest BCUT2D eigenvalue weighted by Crippen LogP contribution is 2.43. The third-order valence-corrected chi connectivity index (χ3v) is 8.09. The minimum absolute atomic E-state index is 0.329. The fourth-order valence-corrected chi connectivity index (χ4v) is 6.08. The third kappa shape index (κ3) is 5.27. The van der Waals surface area contributed by atoms with Gasteiger partial charge in [-0.3, -0.25) is 9.69 Å². The normalized spacial score (nSPS) is 19.8. The summed E-state index contributed by atoms with van der Waals surface area (Å²) in [6.45, 7) is 12.5. The molecule has 35 heavy (non-hydrogen) atoms. The second-order valence-corrected chi connectivity index (χ2v) is 10.0. The molecule has 1 aromatic heterocycles. The van der Waals surface area contributed by atoms with Crippen molar-refractivity contribution in [3.05, 3.63) is 58.4 Å². The highest BCUT2D eigenvalue weighted by Gasteiger charge is 2.33. The van der Waals surface area contributed by atoms with Crippen LogP contribution in [0.3, 0.4) is 0 Å². The number of rotatable bonds is 7. The average Bonchev–Trinajstić information content (AvgIpc) is 3.32. The number of benzene rings is 1. The summed E-state index contributed by atoms with van der Waals surface area (Å²) in [5.41, 5.74) is 7.85. The summed E-state index contributed by atoms with van der Waals surface area (Å²) in [6, 6.07) is 11.8. The molecule has 4 rings (SSSR count). The molecule has 1 unspecified atom stereocenters. The van der Waals surface area contributed by atoms with Gasteiger partial charge < -0.3 is 10.6 Å². The molecule has 1 aromatic carbocycles. The fourth-order valence-electron chi connectivity index (χ4n) is 5.02. The molecule has 2 aliphatic rings. The Balaban J connectivity index is 1.66. The van der Waals surface area contributed by atoms with Gasteiger partial charge in [-0.1, -0.05) is 49.0 Å². The largest absolute Gasteiger partial charge is 0.368 e. The summed E-state index contributed by atoms with van der Waals surface area (Å²) in [6.07, 6.45) is 2.09. The molecule has 0 aliphatic carbocycles. The van der Waals surface area contributed by atoms with E-state index in [-0.39, 0.29) is 0 Å². The van der Waals surface area contributed by atoms with Crippen LogP contribution in [0.15, 0.2) is 35.4 Å². The van der Waals surface area contributed by atoms with Crippen LogP contribution in [-0.4, -0.2) is 54.2 Å². The van der Waals surface area contributed by atoms with E-state index < -0.39 is 17.3 Å². The predicted octanol–water partition coefficient (Wildman–Crippen LogP) is 4.40. The number of thioether (sulfide) groups is 1. The van der Waals surface area contributed by atoms with Crippen molar-refractivity contribution >= 4 is 29.2 Å². The first kappa shape index (κ1) is 25.0. The Kier molecular flexibility index (Phi) is 7.90. The van der Waals surface area contributed by atoms with E-state index >= 15 is 0 Å². The maximum atomic E-state index is 13.7. The molecule has 2 N–H and O–H groups in total. The molecule has 2 fully saturated rings. The van der Waals surface area contributed by atoms with Crippen molar-refractivity contribution in [2.75, 3.05) is 31.1 Å². The van der Waals surface area contributed by atoms with E-state index in [4.69, 9.17) is 17.3 Å². The van der Waals surface area contributed by atoms with Crippen molar-refractivity contribution in [1.29, 1.82) is 5.26 Å². The number of nitrogens with zero attached hydrogens (tertiary/aromatic N) is 5. The highest BCUT2D eigenvalue weighted by atomic mass is 32.2. The van der Waals surface area contributed by atoms with Crippen LogP contribution in [0.1, 0.15) is 48.1 Å². The number of pyridine rings is 1. The van der Waals surface area contributed by atoms with Crippen LogP contribution in [0.2, 0.25) is 0 Å². The van der Waals surface area contributed by atoms with E-state index in [1.54, 1.807) is 0 Å². The molecule has 0 radical (unpaired) electrons. The first-order valence-corrected chi connectivity index (χ1v) is 12.8. The zero-order valence-electron chi connectivity index (χ0n) is 19.8. The van der Waals surface area contributed by atoms with Gasteiger partial charge >= 0.3 is 0 Å². The Morgan fingerprint density at radius 3 is 2.57 bits per heavy atom. The van der Waals surface area contributed by atoms with Crippen molar-refractivity contribution < 1.29 is 9.18 Å². The van der Waals surface area contributed by atoms with Crippen LogP contribution < -0.4 is 10.6 Å². The summed E-state index contributed by atoms with van der Waals surface area (Å²) in [5, 5.41) is 9.69. The van der Waals surface area contributed by atoms with Crippen LogP contribution in [-0.2, 0) is 11.2 Å². The second kappa shape index (κ2) is 11.1. The number of hydrogen-bond donors (Lipinski definition) is 1. The Morgan fingerprint density at radius 2 is 2.03 bits per heavy atom. The molecule has 2 aliphatic heterocycles. The van der Waals surface area contributed by atoms with Gasteiger partial charge in [0.1, 0.15) is 28.3 Å². The van der Waals surface area contributed by atoms with E-state index in [2.05, 4.69) is 20.7 Å². The molecule has 0 bridgehead atoms. The lowest BCUT2D eigenvalue weighted by Crippen LogP contribution is -2.44. The zero-order valence-corrected chi connectivity index (χ0v) is 20.6. The number of anilines is 1. The number of primary amides is 1.